The fourth-order valence-electron chi connectivity index (χ4n) is 2.50. The number of para-hydroxylation sites is 1. The molecule has 0 aliphatic rings. The number of nitrogens with one attached hydrogen (secondary N) is 1. The molecule has 1 N–H and O–H groups in total. The molecule has 1 aromatic carbocycles. The van der Waals surface area contributed by atoms with E-state index in [2.05, 4.69) is 10.3 Å². The van der Waals surface area contributed by atoms with Gasteiger partial charge in [-0.1, -0.05) is 18.2 Å². The maximum absolute atomic E-state index is 12.5. The van der Waals surface area contributed by atoms with Crippen molar-refractivity contribution in [1.29, 1.82) is 0 Å². The summed E-state index contributed by atoms with van der Waals surface area (Å²) < 4.78 is 11.8. The van der Waals surface area contributed by atoms with E-state index in [0.29, 0.717) is 35.4 Å². The molecule has 0 unspecified atom stereocenters. The Balaban J connectivity index is 1.62. The monoisotopic (exact) mass is 416 g/mol. The minimum atomic E-state index is -0.219. The van der Waals surface area contributed by atoms with Crippen molar-refractivity contribution in [2.75, 3.05) is 17.8 Å². The molecule has 0 bridgehead atoms. The van der Waals surface area contributed by atoms with E-state index < -0.39 is 0 Å². The van der Waals surface area contributed by atoms with Crippen LogP contribution in [0.4, 0.5) is 5.69 Å². The van der Waals surface area contributed by atoms with Crippen LogP contribution in [0.15, 0.2) is 60.2 Å². The predicted octanol–water partition coefficient (Wildman–Crippen LogP) is 5.37. The number of carbonyl (C=O) groups excluding carboxylic acids is 1. The van der Waals surface area contributed by atoms with Gasteiger partial charge < -0.3 is 14.8 Å². The molecule has 3 rings (SSSR count). The zero-order valence-corrected chi connectivity index (χ0v) is 16.8. The van der Waals surface area contributed by atoms with Gasteiger partial charge in [0.1, 0.15) is 23.0 Å². The van der Waals surface area contributed by atoms with Crippen molar-refractivity contribution in [3.8, 4) is 11.5 Å². The number of alkyl halides is 1. The van der Waals surface area contributed by atoms with Gasteiger partial charge in [0.15, 0.2) is 0 Å². The molecule has 0 spiro atoms. The number of benzene rings is 1. The summed E-state index contributed by atoms with van der Waals surface area (Å²) >= 11 is 7.04. The number of hydrogen-bond donors (Lipinski definition) is 1. The summed E-state index contributed by atoms with van der Waals surface area (Å²) in [6.45, 7) is 0.927. The topological polar surface area (TPSA) is 60.5 Å². The number of amides is 1. The molecule has 0 radical (unpaired) electrons. The van der Waals surface area contributed by atoms with Crippen molar-refractivity contribution in [3.05, 3.63) is 70.7 Å². The molecule has 28 heavy (non-hydrogen) atoms. The van der Waals surface area contributed by atoms with Crippen molar-refractivity contribution in [2.24, 2.45) is 0 Å². The van der Waals surface area contributed by atoms with Crippen LogP contribution >= 0.6 is 22.9 Å². The van der Waals surface area contributed by atoms with Crippen LogP contribution in [-0.2, 0) is 6.61 Å². The lowest BCUT2D eigenvalue weighted by molar-refractivity contribution is 0.102. The zero-order valence-electron chi connectivity index (χ0n) is 15.3. The number of pyridine rings is 1. The lowest BCUT2D eigenvalue weighted by Gasteiger charge is -2.12. The van der Waals surface area contributed by atoms with Crippen LogP contribution < -0.4 is 14.8 Å². The molecule has 5 nitrogen and oxygen atoms in total. The van der Waals surface area contributed by atoms with Crippen LogP contribution in [0.1, 0.15) is 28.1 Å². The van der Waals surface area contributed by atoms with E-state index in [9.17, 15) is 4.79 Å². The largest absolute Gasteiger partial charge is 0.493 e. The molecule has 1 amide bonds. The summed E-state index contributed by atoms with van der Waals surface area (Å²) in [6, 6.07) is 13.1. The average molecular weight is 417 g/mol. The maximum Gasteiger partial charge on any atom is 0.269 e. The Kier molecular flexibility index (Phi) is 7.70. The van der Waals surface area contributed by atoms with E-state index in [1.54, 1.807) is 30.6 Å². The quantitative estimate of drug-likeness (QED) is 0.356. The number of thiophene rings is 1. The van der Waals surface area contributed by atoms with Crippen LogP contribution in [0.25, 0.3) is 0 Å². The first-order valence-corrected chi connectivity index (χ1v) is 10.4. The predicted molar refractivity (Wildman–Crippen MR) is 113 cm³/mol. The highest BCUT2D eigenvalue weighted by molar-refractivity contribution is 7.12. The lowest BCUT2D eigenvalue weighted by Crippen LogP contribution is -2.12. The minimum absolute atomic E-state index is 0.219. The Bertz CT molecular complexity index is 886. The fraction of sp³-hybridized carbons (Fsp3) is 0.238. The second-order valence-electron chi connectivity index (χ2n) is 5.95. The van der Waals surface area contributed by atoms with Crippen molar-refractivity contribution in [2.45, 2.75) is 19.4 Å². The summed E-state index contributed by atoms with van der Waals surface area (Å²) in [7, 11) is 0. The summed E-state index contributed by atoms with van der Waals surface area (Å²) in [5.41, 5.74) is 1.57. The van der Waals surface area contributed by atoms with Crippen molar-refractivity contribution in [1.82, 2.24) is 4.98 Å². The normalized spacial score (nSPS) is 10.5. The minimum Gasteiger partial charge on any atom is -0.493 e. The third-order valence-corrected chi connectivity index (χ3v) is 5.06. The van der Waals surface area contributed by atoms with Gasteiger partial charge in [0.2, 0.25) is 0 Å². The number of hydrogen-bond acceptors (Lipinski definition) is 5. The van der Waals surface area contributed by atoms with Gasteiger partial charge in [-0.05, 0) is 42.5 Å². The highest BCUT2D eigenvalue weighted by atomic mass is 35.5. The first-order chi connectivity index (χ1) is 13.8. The molecule has 146 valence electrons. The molecule has 0 fully saturated rings. The van der Waals surface area contributed by atoms with Gasteiger partial charge in [0.05, 0.1) is 18.5 Å². The van der Waals surface area contributed by atoms with Gasteiger partial charge in [-0.3, -0.25) is 9.78 Å². The highest BCUT2D eigenvalue weighted by Crippen LogP contribution is 2.28. The summed E-state index contributed by atoms with van der Waals surface area (Å²) in [4.78, 5) is 17.1. The Morgan fingerprint density at radius 3 is 2.79 bits per heavy atom. The van der Waals surface area contributed by atoms with E-state index in [-0.39, 0.29) is 5.91 Å². The van der Waals surface area contributed by atoms with E-state index in [1.165, 1.54) is 11.3 Å². The van der Waals surface area contributed by atoms with Gasteiger partial charge in [-0.2, -0.15) is 0 Å². The second-order valence-corrected chi connectivity index (χ2v) is 7.24. The first kappa shape index (κ1) is 20.2. The third kappa shape index (κ3) is 5.71. The van der Waals surface area contributed by atoms with E-state index >= 15 is 0 Å². The third-order valence-electron chi connectivity index (χ3n) is 3.90. The van der Waals surface area contributed by atoms with Crippen molar-refractivity contribution < 1.29 is 14.3 Å². The molecular formula is C21H21ClN2O3S. The van der Waals surface area contributed by atoms with Crippen LogP contribution in [0.3, 0.4) is 0 Å². The second kappa shape index (κ2) is 10.7. The SMILES string of the molecule is O=C(Nc1cccnc1)c1sccc1OCc1ccccc1OCCCCCl. The van der Waals surface area contributed by atoms with Crippen LogP contribution in [0, 0.1) is 0 Å². The molecule has 0 saturated carbocycles. The summed E-state index contributed by atoms with van der Waals surface area (Å²) in [5.74, 6) is 1.75. The standard InChI is InChI=1S/C21H21ClN2O3S/c22-10-3-4-12-26-18-8-2-1-6-16(18)15-27-19-9-13-28-20(19)21(25)24-17-7-5-11-23-14-17/h1-2,5-9,11,13-14H,3-4,10,12,15H2,(H,24,25). The number of aromatic nitrogens is 1. The fourth-order valence-corrected chi connectivity index (χ4v) is 3.42. The van der Waals surface area contributed by atoms with Gasteiger partial charge in [-0.25, -0.2) is 0 Å². The molecule has 3 aromatic rings. The van der Waals surface area contributed by atoms with Crippen molar-refractivity contribution in [3.63, 3.8) is 0 Å². The average Bonchev–Trinajstić information content (AvgIpc) is 3.20. The Labute approximate surface area is 173 Å². The lowest BCUT2D eigenvalue weighted by atomic mass is 10.2. The number of halogens is 1. The molecule has 2 aromatic heterocycles. The molecule has 0 aliphatic heterocycles. The smallest absolute Gasteiger partial charge is 0.269 e. The zero-order chi connectivity index (χ0) is 19.6. The first-order valence-electron chi connectivity index (χ1n) is 8.96. The molecule has 0 saturated heterocycles. The van der Waals surface area contributed by atoms with E-state index in [4.69, 9.17) is 21.1 Å². The number of ether oxygens (including phenoxy) is 2. The van der Waals surface area contributed by atoms with Crippen LogP contribution in [-0.4, -0.2) is 23.4 Å². The number of carbonyl (C=O) groups is 1. The van der Waals surface area contributed by atoms with Gasteiger partial charge in [-0.15, -0.1) is 22.9 Å². The molecular weight excluding hydrogens is 396 g/mol. The molecule has 0 aliphatic carbocycles. The molecule has 0 atom stereocenters. The van der Waals surface area contributed by atoms with Gasteiger partial charge in [0, 0.05) is 17.6 Å². The van der Waals surface area contributed by atoms with E-state index in [0.717, 1.165) is 24.2 Å². The van der Waals surface area contributed by atoms with Crippen molar-refractivity contribution >= 4 is 34.5 Å². The number of nitrogens with zero attached hydrogens (tertiary/aromatic N) is 1. The Morgan fingerprint density at radius 1 is 1.07 bits per heavy atom. The van der Waals surface area contributed by atoms with Crippen LogP contribution in [0.2, 0.25) is 0 Å². The Morgan fingerprint density at radius 2 is 1.96 bits per heavy atom. The molecule has 2 heterocycles. The number of rotatable bonds is 10. The number of unbranched alkanes of at least 4 members (excludes halogenated alkanes) is 1. The summed E-state index contributed by atoms with van der Waals surface area (Å²) in [6.07, 6.45) is 5.08. The highest BCUT2D eigenvalue weighted by Gasteiger charge is 2.15. The summed E-state index contributed by atoms with van der Waals surface area (Å²) in [5, 5.41) is 4.66. The molecule has 7 heteroatoms. The Hall–Kier alpha value is -2.57. The van der Waals surface area contributed by atoms with Crippen LogP contribution in [0.5, 0.6) is 11.5 Å². The van der Waals surface area contributed by atoms with Gasteiger partial charge >= 0.3 is 0 Å². The maximum atomic E-state index is 12.5. The van der Waals surface area contributed by atoms with Gasteiger partial charge in [0.25, 0.3) is 5.91 Å². The van der Waals surface area contributed by atoms with E-state index in [1.807, 2.05) is 29.6 Å². The number of anilines is 1.